The van der Waals surface area contributed by atoms with E-state index in [1.54, 1.807) is 0 Å². The Morgan fingerprint density at radius 2 is 2.12 bits per heavy atom. The van der Waals surface area contributed by atoms with Gasteiger partial charge in [0.05, 0.1) is 0 Å². The number of aromatic carboxylic acids is 1. The molecule has 0 saturated carbocycles. The van der Waals surface area contributed by atoms with Crippen LogP contribution in [0.2, 0.25) is 0 Å². The van der Waals surface area contributed by atoms with Crippen LogP contribution < -0.4 is 0 Å². The van der Waals surface area contributed by atoms with Gasteiger partial charge in [-0.1, -0.05) is 6.07 Å². The molecule has 0 amide bonds. The van der Waals surface area contributed by atoms with Crippen LogP contribution in [0.3, 0.4) is 0 Å². The number of hydrogen-bond acceptors (Lipinski definition) is 4. The van der Waals surface area contributed by atoms with E-state index in [4.69, 9.17) is 9.52 Å². The molecule has 1 N–H and O–H groups in total. The van der Waals surface area contributed by atoms with Crippen LogP contribution in [-0.2, 0) is 0 Å². The van der Waals surface area contributed by atoms with Gasteiger partial charge in [-0.3, -0.25) is 0 Å². The maximum Gasteiger partial charge on any atom is 0.357 e. The molecule has 0 unspecified atom stereocenters. The Morgan fingerprint density at radius 1 is 1.35 bits per heavy atom. The highest BCUT2D eigenvalue weighted by Crippen LogP contribution is 2.28. The van der Waals surface area contributed by atoms with E-state index in [2.05, 4.69) is 4.98 Å². The van der Waals surface area contributed by atoms with Crippen molar-refractivity contribution < 1.29 is 14.3 Å². The van der Waals surface area contributed by atoms with Gasteiger partial charge in [0, 0.05) is 4.90 Å². The first kappa shape index (κ1) is 11.7. The molecule has 0 atom stereocenters. The van der Waals surface area contributed by atoms with E-state index in [0.29, 0.717) is 5.22 Å². The second-order valence-corrected chi connectivity index (χ2v) is 4.68. The fourth-order valence-electron chi connectivity index (χ4n) is 1.28. The van der Waals surface area contributed by atoms with Crippen LogP contribution in [0.15, 0.2) is 39.0 Å². The van der Waals surface area contributed by atoms with Crippen molar-refractivity contribution in [2.45, 2.75) is 24.0 Å². The van der Waals surface area contributed by atoms with Crippen LogP contribution in [0, 0.1) is 13.8 Å². The molecule has 0 saturated heterocycles. The van der Waals surface area contributed by atoms with Crippen molar-refractivity contribution in [2.24, 2.45) is 0 Å². The zero-order valence-electron chi connectivity index (χ0n) is 9.43. The first-order valence-corrected chi connectivity index (χ1v) is 5.82. The lowest BCUT2D eigenvalue weighted by molar-refractivity contribution is 0.0690. The molecule has 4 nitrogen and oxygen atoms in total. The molecule has 2 rings (SSSR count). The van der Waals surface area contributed by atoms with Gasteiger partial charge in [-0.05, 0) is 48.9 Å². The maximum atomic E-state index is 10.6. The monoisotopic (exact) mass is 249 g/mol. The molecule has 1 aromatic heterocycles. The lowest BCUT2D eigenvalue weighted by Crippen LogP contribution is -1.95. The molecule has 0 bridgehead atoms. The highest BCUT2D eigenvalue weighted by molar-refractivity contribution is 7.99. The second-order valence-electron chi connectivity index (χ2n) is 3.65. The number of aryl methyl sites for hydroxylation is 2. The molecule has 0 fully saturated rings. The zero-order valence-corrected chi connectivity index (χ0v) is 10.2. The van der Waals surface area contributed by atoms with Gasteiger partial charge < -0.3 is 9.52 Å². The standard InChI is InChI=1S/C12H11NO3S/c1-7-3-4-9(5-8(7)2)17-12-13-10(6-16-12)11(14)15/h3-6H,1-2H3,(H,14,15). The summed E-state index contributed by atoms with van der Waals surface area (Å²) >= 11 is 1.31. The Kier molecular flexibility index (Phi) is 3.19. The molecule has 0 aliphatic rings. The predicted octanol–water partition coefficient (Wildman–Crippen LogP) is 3.14. The molecular formula is C12H11NO3S. The SMILES string of the molecule is Cc1ccc(Sc2nc(C(=O)O)co2)cc1C. The first-order valence-electron chi connectivity index (χ1n) is 5.00. The fraction of sp³-hybridized carbons (Fsp3) is 0.167. The Morgan fingerprint density at radius 3 is 2.71 bits per heavy atom. The van der Waals surface area contributed by atoms with Gasteiger partial charge in [-0.15, -0.1) is 0 Å². The number of aromatic nitrogens is 1. The van der Waals surface area contributed by atoms with Crippen LogP contribution in [0.1, 0.15) is 21.6 Å². The number of benzene rings is 1. The number of hydrogen-bond donors (Lipinski definition) is 1. The topological polar surface area (TPSA) is 63.3 Å². The molecule has 1 aromatic carbocycles. The number of carbonyl (C=O) groups is 1. The zero-order chi connectivity index (χ0) is 12.4. The van der Waals surface area contributed by atoms with Gasteiger partial charge in [0.2, 0.25) is 0 Å². The average molecular weight is 249 g/mol. The summed E-state index contributed by atoms with van der Waals surface area (Å²) in [6.45, 7) is 4.06. The van der Waals surface area contributed by atoms with Gasteiger partial charge in [0.25, 0.3) is 5.22 Å². The Labute approximate surface area is 103 Å². The minimum absolute atomic E-state index is 0.0728. The predicted molar refractivity (Wildman–Crippen MR) is 63.5 cm³/mol. The number of carboxylic acid groups (broad SMARTS) is 1. The van der Waals surface area contributed by atoms with Crippen LogP contribution in [0.4, 0.5) is 0 Å². The molecule has 5 heteroatoms. The summed E-state index contributed by atoms with van der Waals surface area (Å²) in [5.41, 5.74) is 2.32. The number of rotatable bonds is 3. The minimum atomic E-state index is -1.08. The highest BCUT2D eigenvalue weighted by atomic mass is 32.2. The quantitative estimate of drug-likeness (QED) is 0.905. The average Bonchev–Trinajstić information content (AvgIpc) is 2.72. The lowest BCUT2D eigenvalue weighted by atomic mass is 10.1. The van der Waals surface area contributed by atoms with Gasteiger partial charge in [0.1, 0.15) is 6.26 Å². The molecule has 17 heavy (non-hydrogen) atoms. The molecule has 0 aliphatic heterocycles. The lowest BCUT2D eigenvalue weighted by Gasteiger charge is -2.01. The van der Waals surface area contributed by atoms with Crippen molar-refractivity contribution in [2.75, 3.05) is 0 Å². The van der Waals surface area contributed by atoms with Crippen LogP contribution >= 0.6 is 11.8 Å². The summed E-state index contributed by atoms with van der Waals surface area (Å²) in [4.78, 5) is 15.5. The largest absolute Gasteiger partial charge is 0.476 e. The Hall–Kier alpha value is -1.75. The highest BCUT2D eigenvalue weighted by Gasteiger charge is 2.11. The normalized spacial score (nSPS) is 10.5. The van der Waals surface area contributed by atoms with Crippen molar-refractivity contribution in [1.82, 2.24) is 4.98 Å². The van der Waals surface area contributed by atoms with Gasteiger partial charge >= 0.3 is 5.97 Å². The molecule has 88 valence electrons. The summed E-state index contributed by atoms with van der Waals surface area (Å²) in [6, 6.07) is 5.99. The van der Waals surface area contributed by atoms with Gasteiger partial charge in [-0.25, -0.2) is 4.79 Å². The summed E-state index contributed by atoms with van der Waals surface area (Å²) in [5.74, 6) is -1.08. The summed E-state index contributed by atoms with van der Waals surface area (Å²) in [5, 5.41) is 9.05. The van der Waals surface area contributed by atoms with Crippen molar-refractivity contribution in [1.29, 1.82) is 0 Å². The first-order chi connectivity index (χ1) is 8.06. The number of oxazole rings is 1. The Bertz CT molecular complexity index is 563. The minimum Gasteiger partial charge on any atom is -0.476 e. The fourth-order valence-corrected chi connectivity index (χ4v) is 2.09. The third-order valence-corrected chi connectivity index (χ3v) is 3.24. The maximum absolute atomic E-state index is 10.6. The third kappa shape index (κ3) is 2.68. The molecule has 0 spiro atoms. The Balaban J connectivity index is 2.19. The molecule has 2 aromatic rings. The van der Waals surface area contributed by atoms with Gasteiger partial charge in [-0.2, -0.15) is 4.98 Å². The van der Waals surface area contributed by atoms with Crippen LogP contribution in [-0.4, -0.2) is 16.1 Å². The summed E-state index contributed by atoms with van der Waals surface area (Å²) < 4.78 is 5.07. The smallest absolute Gasteiger partial charge is 0.357 e. The van der Waals surface area contributed by atoms with E-state index in [-0.39, 0.29) is 5.69 Å². The molecular weight excluding hydrogens is 238 g/mol. The number of nitrogens with zero attached hydrogens (tertiary/aromatic N) is 1. The van der Waals surface area contributed by atoms with Crippen molar-refractivity contribution in [3.8, 4) is 0 Å². The van der Waals surface area contributed by atoms with Crippen molar-refractivity contribution >= 4 is 17.7 Å². The molecule has 0 aliphatic carbocycles. The van der Waals surface area contributed by atoms with E-state index in [1.165, 1.54) is 22.9 Å². The molecule has 0 radical (unpaired) electrons. The van der Waals surface area contributed by atoms with Crippen LogP contribution in [0.5, 0.6) is 0 Å². The summed E-state index contributed by atoms with van der Waals surface area (Å²) in [7, 11) is 0. The van der Waals surface area contributed by atoms with E-state index in [1.807, 2.05) is 32.0 Å². The van der Waals surface area contributed by atoms with Crippen molar-refractivity contribution in [3.05, 3.63) is 41.3 Å². The summed E-state index contributed by atoms with van der Waals surface area (Å²) in [6.07, 6.45) is 1.14. The van der Waals surface area contributed by atoms with Crippen molar-refractivity contribution in [3.63, 3.8) is 0 Å². The third-order valence-electron chi connectivity index (χ3n) is 2.39. The van der Waals surface area contributed by atoms with Crippen LogP contribution in [0.25, 0.3) is 0 Å². The molecule has 1 heterocycles. The van der Waals surface area contributed by atoms with E-state index < -0.39 is 5.97 Å². The van der Waals surface area contributed by atoms with E-state index in [9.17, 15) is 4.79 Å². The van der Waals surface area contributed by atoms with E-state index >= 15 is 0 Å². The number of carboxylic acids is 1. The second kappa shape index (κ2) is 4.63. The van der Waals surface area contributed by atoms with E-state index in [0.717, 1.165) is 11.2 Å². The van der Waals surface area contributed by atoms with Gasteiger partial charge in [0.15, 0.2) is 5.69 Å².